The lowest BCUT2D eigenvalue weighted by Gasteiger charge is -2.18. The standard InChI is InChI=1S/C59H98O6/c1-4-7-10-13-16-19-22-25-27-28-29-30-32-34-37-40-43-46-49-52-58(61)64-55-56(54-63-57(60)51-48-45-42-39-36-33-24-21-18-15-12-9-6-3)65-59(62)53-50-47-44-41-38-35-31-26-23-20-17-14-11-8-5-2/h9,12,15-26,33,36,56H,4-8,10-11,13-14,27-32,34-35,37-55H2,1-3H3/b12-9-,18-15-,19-16-,20-17-,24-21-,25-22-,26-23-,36-33-. The van der Waals surface area contributed by atoms with E-state index < -0.39 is 6.10 Å². The van der Waals surface area contributed by atoms with E-state index in [-0.39, 0.29) is 31.1 Å². The van der Waals surface area contributed by atoms with Crippen LogP contribution in [0, 0.1) is 0 Å². The number of rotatable bonds is 47. The van der Waals surface area contributed by atoms with Gasteiger partial charge >= 0.3 is 17.9 Å². The van der Waals surface area contributed by atoms with Crippen molar-refractivity contribution in [1.82, 2.24) is 0 Å². The summed E-state index contributed by atoms with van der Waals surface area (Å²) in [6.45, 7) is 6.39. The molecule has 0 saturated heterocycles. The van der Waals surface area contributed by atoms with Crippen LogP contribution in [0.15, 0.2) is 97.2 Å². The molecule has 0 aromatic heterocycles. The van der Waals surface area contributed by atoms with Gasteiger partial charge in [-0.3, -0.25) is 14.4 Å². The summed E-state index contributed by atoms with van der Waals surface area (Å²) in [4.78, 5) is 38.0. The Labute approximate surface area is 400 Å². The number of carbonyl (C=O) groups is 3. The van der Waals surface area contributed by atoms with E-state index in [1.54, 1.807) is 0 Å². The summed E-state index contributed by atoms with van der Waals surface area (Å²) < 4.78 is 16.8. The predicted molar refractivity (Wildman–Crippen MR) is 279 cm³/mol. The zero-order chi connectivity index (χ0) is 47.2. The fourth-order valence-corrected chi connectivity index (χ4v) is 7.14. The van der Waals surface area contributed by atoms with Crippen LogP contribution in [0.3, 0.4) is 0 Å². The average molecular weight is 903 g/mol. The van der Waals surface area contributed by atoms with Gasteiger partial charge in [0.15, 0.2) is 6.10 Å². The molecule has 1 atom stereocenters. The lowest BCUT2D eigenvalue weighted by atomic mass is 10.1. The summed E-state index contributed by atoms with van der Waals surface area (Å²) in [6.07, 6.45) is 69.6. The second kappa shape index (κ2) is 52.9. The number of esters is 3. The summed E-state index contributed by atoms with van der Waals surface area (Å²) in [7, 11) is 0. The normalized spacial score (nSPS) is 12.8. The minimum atomic E-state index is -0.802. The van der Waals surface area contributed by atoms with Crippen molar-refractivity contribution in [2.24, 2.45) is 0 Å². The summed E-state index contributed by atoms with van der Waals surface area (Å²) in [5, 5.41) is 0. The van der Waals surface area contributed by atoms with E-state index in [4.69, 9.17) is 14.2 Å². The van der Waals surface area contributed by atoms with Crippen molar-refractivity contribution in [2.45, 2.75) is 245 Å². The Bertz CT molecular complexity index is 1310. The maximum Gasteiger partial charge on any atom is 0.306 e. The van der Waals surface area contributed by atoms with Gasteiger partial charge in [0.05, 0.1) is 0 Å². The van der Waals surface area contributed by atoms with Gasteiger partial charge in [-0.1, -0.05) is 227 Å². The fourth-order valence-electron chi connectivity index (χ4n) is 7.14. The molecule has 0 aromatic carbocycles. The molecule has 0 radical (unpaired) electrons. The third-order valence-corrected chi connectivity index (χ3v) is 11.2. The first-order valence-electron chi connectivity index (χ1n) is 26.8. The molecule has 6 heteroatoms. The zero-order valence-electron chi connectivity index (χ0n) is 42.2. The smallest absolute Gasteiger partial charge is 0.306 e. The Kier molecular flexibility index (Phi) is 50.0. The highest BCUT2D eigenvalue weighted by atomic mass is 16.6. The van der Waals surface area contributed by atoms with Crippen LogP contribution in [-0.2, 0) is 28.6 Å². The molecule has 0 heterocycles. The first-order chi connectivity index (χ1) is 32.0. The summed E-state index contributed by atoms with van der Waals surface area (Å²) >= 11 is 0. The van der Waals surface area contributed by atoms with Gasteiger partial charge in [0.2, 0.25) is 0 Å². The van der Waals surface area contributed by atoms with Gasteiger partial charge in [-0.15, -0.1) is 0 Å². The molecular formula is C59H98O6. The van der Waals surface area contributed by atoms with Gasteiger partial charge in [-0.25, -0.2) is 0 Å². The summed E-state index contributed by atoms with van der Waals surface area (Å²) in [5.41, 5.74) is 0. The van der Waals surface area contributed by atoms with E-state index in [2.05, 4.69) is 81.5 Å². The third kappa shape index (κ3) is 51.2. The lowest BCUT2D eigenvalue weighted by Crippen LogP contribution is -2.30. The van der Waals surface area contributed by atoms with E-state index in [9.17, 15) is 14.4 Å². The number of allylic oxidation sites excluding steroid dienone is 16. The van der Waals surface area contributed by atoms with Crippen molar-refractivity contribution in [3.63, 3.8) is 0 Å². The number of hydrogen-bond acceptors (Lipinski definition) is 6. The second-order valence-electron chi connectivity index (χ2n) is 17.5. The van der Waals surface area contributed by atoms with Crippen molar-refractivity contribution < 1.29 is 28.6 Å². The molecule has 370 valence electrons. The summed E-state index contributed by atoms with van der Waals surface area (Å²) in [6, 6.07) is 0. The lowest BCUT2D eigenvalue weighted by molar-refractivity contribution is -0.167. The van der Waals surface area contributed by atoms with Crippen molar-refractivity contribution in [2.75, 3.05) is 13.2 Å². The zero-order valence-corrected chi connectivity index (χ0v) is 42.2. The quantitative estimate of drug-likeness (QED) is 0.0262. The SMILES string of the molecule is CC\C=C/C=C\C=C/C=C\CCCCCC(=O)OCC(COC(=O)CCCCCCCCCCCC/C=C\C=C/CCCCC)OC(=O)CCCCCCCC/C=C\C=C/CCCCC. The molecule has 0 fully saturated rings. The van der Waals surface area contributed by atoms with E-state index in [1.165, 1.54) is 116 Å². The van der Waals surface area contributed by atoms with Crippen molar-refractivity contribution >= 4 is 17.9 Å². The van der Waals surface area contributed by atoms with E-state index in [0.717, 1.165) is 83.5 Å². The maximum atomic E-state index is 12.8. The summed E-state index contributed by atoms with van der Waals surface area (Å²) in [5.74, 6) is -0.955. The molecule has 0 bridgehead atoms. The number of ether oxygens (including phenoxy) is 3. The van der Waals surface area contributed by atoms with Crippen LogP contribution in [0.2, 0.25) is 0 Å². The van der Waals surface area contributed by atoms with E-state index in [0.29, 0.717) is 19.3 Å². The second-order valence-corrected chi connectivity index (χ2v) is 17.5. The van der Waals surface area contributed by atoms with Crippen LogP contribution in [0.1, 0.15) is 239 Å². The van der Waals surface area contributed by atoms with Crippen LogP contribution in [0.5, 0.6) is 0 Å². The van der Waals surface area contributed by atoms with Gasteiger partial charge in [0.25, 0.3) is 0 Å². The third-order valence-electron chi connectivity index (χ3n) is 11.2. The Balaban J connectivity index is 4.43. The molecule has 65 heavy (non-hydrogen) atoms. The van der Waals surface area contributed by atoms with Gasteiger partial charge in [0, 0.05) is 19.3 Å². The molecule has 0 aliphatic heterocycles. The molecule has 0 aliphatic rings. The van der Waals surface area contributed by atoms with Gasteiger partial charge < -0.3 is 14.2 Å². The van der Waals surface area contributed by atoms with E-state index >= 15 is 0 Å². The molecule has 6 nitrogen and oxygen atoms in total. The molecule has 0 aliphatic carbocycles. The van der Waals surface area contributed by atoms with Gasteiger partial charge in [-0.05, 0) is 89.9 Å². The molecule has 0 N–H and O–H groups in total. The Morgan fingerprint density at radius 2 is 0.600 bits per heavy atom. The highest BCUT2D eigenvalue weighted by Gasteiger charge is 2.19. The number of hydrogen-bond donors (Lipinski definition) is 0. The fraction of sp³-hybridized carbons (Fsp3) is 0.678. The molecule has 0 saturated carbocycles. The van der Waals surface area contributed by atoms with Crippen LogP contribution >= 0.6 is 0 Å². The number of unbranched alkanes of at least 4 members (excludes halogenated alkanes) is 25. The number of carbonyl (C=O) groups excluding carboxylic acids is 3. The molecular weight excluding hydrogens is 805 g/mol. The predicted octanol–water partition coefficient (Wildman–Crippen LogP) is 17.8. The highest BCUT2D eigenvalue weighted by molar-refractivity contribution is 5.71. The topological polar surface area (TPSA) is 78.9 Å². The van der Waals surface area contributed by atoms with Crippen LogP contribution in [-0.4, -0.2) is 37.2 Å². The first kappa shape index (κ1) is 61.3. The van der Waals surface area contributed by atoms with Crippen molar-refractivity contribution in [3.05, 3.63) is 97.2 Å². The molecule has 0 spiro atoms. The molecule has 0 rings (SSSR count). The van der Waals surface area contributed by atoms with Gasteiger partial charge in [0.1, 0.15) is 13.2 Å². The largest absolute Gasteiger partial charge is 0.462 e. The Morgan fingerprint density at radius 1 is 0.323 bits per heavy atom. The highest BCUT2D eigenvalue weighted by Crippen LogP contribution is 2.14. The Hall–Kier alpha value is -3.67. The Morgan fingerprint density at radius 3 is 0.969 bits per heavy atom. The first-order valence-corrected chi connectivity index (χ1v) is 26.8. The van der Waals surface area contributed by atoms with Crippen molar-refractivity contribution in [1.29, 1.82) is 0 Å². The molecule has 1 unspecified atom stereocenters. The molecule has 0 aromatic rings. The van der Waals surface area contributed by atoms with Crippen LogP contribution in [0.4, 0.5) is 0 Å². The van der Waals surface area contributed by atoms with Crippen molar-refractivity contribution in [3.8, 4) is 0 Å². The van der Waals surface area contributed by atoms with Crippen LogP contribution in [0.25, 0.3) is 0 Å². The minimum absolute atomic E-state index is 0.0978. The van der Waals surface area contributed by atoms with Gasteiger partial charge in [-0.2, -0.15) is 0 Å². The average Bonchev–Trinajstić information content (AvgIpc) is 3.30. The monoisotopic (exact) mass is 903 g/mol. The minimum Gasteiger partial charge on any atom is -0.462 e. The maximum absolute atomic E-state index is 12.8. The molecule has 0 amide bonds. The van der Waals surface area contributed by atoms with Crippen LogP contribution < -0.4 is 0 Å². The van der Waals surface area contributed by atoms with E-state index in [1.807, 2.05) is 36.5 Å².